The molecule has 1 aliphatic carbocycles. The normalized spacial score (nSPS) is 12.7. The first-order valence-electron chi connectivity index (χ1n) is 7.26. The summed E-state index contributed by atoms with van der Waals surface area (Å²) in [4.78, 5) is 22.0. The van der Waals surface area contributed by atoms with Crippen molar-refractivity contribution in [3.63, 3.8) is 0 Å². The fraction of sp³-hybridized carbons (Fsp3) is 0.235. The summed E-state index contributed by atoms with van der Waals surface area (Å²) in [5.41, 5.74) is 2.62. The number of nitrogens with zero attached hydrogens (tertiary/aromatic N) is 1. The Morgan fingerprint density at radius 1 is 1.17 bits per heavy atom. The molecule has 0 aliphatic heterocycles. The molecular weight excluding hydrogens is 301 g/mol. The molecule has 0 spiro atoms. The van der Waals surface area contributed by atoms with Crippen LogP contribution in [0.25, 0.3) is 0 Å². The molecule has 2 aromatic rings. The van der Waals surface area contributed by atoms with Crippen molar-refractivity contribution >= 4 is 11.5 Å². The van der Waals surface area contributed by atoms with Gasteiger partial charge in [0.15, 0.2) is 24.0 Å². The van der Waals surface area contributed by atoms with Crippen LogP contribution in [0.3, 0.4) is 0 Å². The van der Waals surface area contributed by atoms with Crippen LogP contribution in [0.4, 0.5) is 10.1 Å². The summed E-state index contributed by atoms with van der Waals surface area (Å²) < 4.78 is 18.9. The van der Waals surface area contributed by atoms with Crippen LogP contribution in [0.2, 0.25) is 0 Å². The molecule has 2 aromatic carbocycles. The van der Waals surface area contributed by atoms with Crippen molar-refractivity contribution in [1.29, 1.82) is 0 Å². The van der Waals surface area contributed by atoms with Gasteiger partial charge in [-0.2, -0.15) is 0 Å². The highest BCUT2D eigenvalue weighted by Crippen LogP contribution is 2.24. The number of Topliss-reactive ketones (excluding diaryl/α,β-unsaturated/α-hetero) is 1. The molecule has 0 bridgehead atoms. The number of aryl methyl sites for hydroxylation is 2. The Morgan fingerprint density at radius 3 is 2.70 bits per heavy atom. The largest absolute Gasteiger partial charge is 0.482 e. The smallest absolute Gasteiger partial charge is 0.272 e. The Bertz CT molecular complexity index is 788. The van der Waals surface area contributed by atoms with Gasteiger partial charge in [-0.05, 0) is 42.5 Å². The van der Waals surface area contributed by atoms with Gasteiger partial charge in [0.05, 0.1) is 11.0 Å². The quantitative estimate of drug-likeness (QED) is 0.481. The van der Waals surface area contributed by atoms with Crippen molar-refractivity contribution in [2.24, 2.45) is 0 Å². The summed E-state index contributed by atoms with van der Waals surface area (Å²) in [6, 6.07) is 8.63. The zero-order valence-corrected chi connectivity index (χ0v) is 12.3. The second-order valence-corrected chi connectivity index (χ2v) is 5.42. The molecule has 6 heteroatoms. The monoisotopic (exact) mass is 315 g/mol. The van der Waals surface area contributed by atoms with Gasteiger partial charge >= 0.3 is 0 Å². The molecule has 0 saturated heterocycles. The molecular formula is C17H14FNO4. The Balaban J connectivity index is 1.68. The van der Waals surface area contributed by atoms with Crippen LogP contribution in [0.1, 0.15) is 27.9 Å². The number of hydrogen-bond donors (Lipinski definition) is 0. The third-order valence-electron chi connectivity index (χ3n) is 3.91. The highest BCUT2D eigenvalue weighted by molar-refractivity contribution is 5.97. The maximum atomic E-state index is 13.7. The molecule has 23 heavy (non-hydrogen) atoms. The van der Waals surface area contributed by atoms with E-state index in [-0.39, 0.29) is 23.8 Å². The number of halogens is 1. The number of benzene rings is 2. The van der Waals surface area contributed by atoms with Gasteiger partial charge in [0.1, 0.15) is 0 Å². The Morgan fingerprint density at radius 2 is 1.96 bits per heavy atom. The van der Waals surface area contributed by atoms with Gasteiger partial charge in [-0.25, -0.2) is 4.39 Å². The van der Waals surface area contributed by atoms with Crippen LogP contribution in [0, 0.1) is 15.9 Å². The molecule has 1 aliphatic rings. The predicted octanol–water partition coefficient (Wildman–Crippen LogP) is 3.48. The van der Waals surface area contributed by atoms with Crippen LogP contribution in [0.5, 0.6) is 5.75 Å². The van der Waals surface area contributed by atoms with E-state index in [9.17, 15) is 19.3 Å². The topological polar surface area (TPSA) is 69.4 Å². The summed E-state index contributed by atoms with van der Waals surface area (Å²) in [6.45, 7) is -0.312. The van der Waals surface area contributed by atoms with Crippen molar-refractivity contribution < 1.29 is 18.8 Å². The van der Waals surface area contributed by atoms with Gasteiger partial charge in [0.25, 0.3) is 5.69 Å². The Labute approximate surface area is 131 Å². The number of nitro benzene ring substituents is 1. The molecule has 0 fully saturated rings. The van der Waals surface area contributed by atoms with Gasteiger partial charge in [-0.1, -0.05) is 12.1 Å². The predicted molar refractivity (Wildman–Crippen MR) is 81.3 cm³/mol. The summed E-state index contributed by atoms with van der Waals surface area (Å²) in [6.07, 6.45) is 3.10. The van der Waals surface area contributed by atoms with E-state index >= 15 is 0 Å². The third kappa shape index (κ3) is 3.21. The number of carbonyl (C=O) groups is 1. The van der Waals surface area contributed by atoms with Gasteiger partial charge in [-0.3, -0.25) is 14.9 Å². The molecule has 0 amide bonds. The molecule has 0 heterocycles. The molecule has 118 valence electrons. The van der Waals surface area contributed by atoms with E-state index in [1.165, 1.54) is 11.1 Å². The van der Waals surface area contributed by atoms with Gasteiger partial charge in [-0.15, -0.1) is 0 Å². The first-order valence-corrected chi connectivity index (χ1v) is 7.26. The molecule has 0 saturated carbocycles. The maximum absolute atomic E-state index is 13.7. The van der Waals surface area contributed by atoms with E-state index in [4.69, 9.17) is 4.74 Å². The van der Waals surface area contributed by atoms with E-state index in [2.05, 4.69) is 0 Å². The maximum Gasteiger partial charge on any atom is 0.272 e. The zero-order chi connectivity index (χ0) is 16.4. The summed E-state index contributed by atoms with van der Waals surface area (Å²) in [7, 11) is 0. The van der Waals surface area contributed by atoms with Gasteiger partial charge in [0, 0.05) is 11.6 Å². The fourth-order valence-corrected chi connectivity index (χ4v) is 2.69. The number of carbonyl (C=O) groups excluding carboxylic acids is 1. The number of ketones is 1. The van der Waals surface area contributed by atoms with Crippen LogP contribution < -0.4 is 4.74 Å². The molecule has 5 nitrogen and oxygen atoms in total. The van der Waals surface area contributed by atoms with Crippen LogP contribution in [-0.4, -0.2) is 17.3 Å². The van der Waals surface area contributed by atoms with Crippen molar-refractivity contribution in [1.82, 2.24) is 0 Å². The summed E-state index contributed by atoms with van der Waals surface area (Å²) in [5, 5.41) is 10.6. The number of fused-ring (bicyclic) bond motifs is 1. The molecule has 0 aromatic heterocycles. The first-order chi connectivity index (χ1) is 11.0. The second kappa shape index (κ2) is 6.16. The van der Waals surface area contributed by atoms with Crippen LogP contribution in [-0.2, 0) is 12.8 Å². The van der Waals surface area contributed by atoms with Crippen molar-refractivity contribution in [2.75, 3.05) is 6.61 Å². The average Bonchev–Trinajstić information content (AvgIpc) is 3.00. The van der Waals surface area contributed by atoms with Crippen molar-refractivity contribution in [3.8, 4) is 5.75 Å². The van der Waals surface area contributed by atoms with Gasteiger partial charge in [0.2, 0.25) is 0 Å². The summed E-state index contributed by atoms with van der Waals surface area (Å²) >= 11 is 0. The molecule has 0 N–H and O–H groups in total. The van der Waals surface area contributed by atoms with E-state index in [0.717, 1.165) is 37.5 Å². The van der Waals surface area contributed by atoms with E-state index in [1.54, 1.807) is 6.07 Å². The minimum absolute atomic E-state index is 0.176. The lowest BCUT2D eigenvalue weighted by Crippen LogP contribution is -2.12. The van der Waals surface area contributed by atoms with E-state index in [1.807, 2.05) is 12.1 Å². The molecule has 0 unspecified atom stereocenters. The van der Waals surface area contributed by atoms with Crippen LogP contribution >= 0.6 is 0 Å². The Kier molecular flexibility index (Phi) is 4.06. The SMILES string of the molecule is O=C(COc1ccc([N+](=O)[O-])cc1F)c1ccc2c(c1)CCC2. The first kappa shape index (κ1) is 15.1. The van der Waals surface area contributed by atoms with Crippen LogP contribution in [0.15, 0.2) is 36.4 Å². The lowest BCUT2D eigenvalue weighted by molar-refractivity contribution is -0.385. The number of hydrogen-bond acceptors (Lipinski definition) is 4. The number of rotatable bonds is 5. The molecule has 3 rings (SSSR count). The van der Waals surface area contributed by atoms with E-state index in [0.29, 0.717) is 5.56 Å². The second-order valence-electron chi connectivity index (χ2n) is 5.42. The Hall–Kier alpha value is -2.76. The fourth-order valence-electron chi connectivity index (χ4n) is 2.69. The molecule has 0 atom stereocenters. The third-order valence-corrected chi connectivity index (χ3v) is 3.91. The van der Waals surface area contributed by atoms with E-state index < -0.39 is 10.7 Å². The number of ether oxygens (including phenoxy) is 1. The highest BCUT2D eigenvalue weighted by Gasteiger charge is 2.16. The number of nitro groups is 1. The molecule has 0 radical (unpaired) electrons. The lowest BCUT2D eigenvalue weighted by atomic mass is 10.0. The summed E-state index contributed by atoms with van der Waals surface area (Å²) in [5.74, 6) is -1.29. The average molecular weight is 315 g/mol. The van der Waals surface area contributed by atoms with Gasteiger partial charge < -0.3 is 4.74 Å². The minimum atomic E-state index is -0.860. The van der Waals surface area contributed by atoms with Crippen molar-refractivity contribution in [2.45, 2.75) is 19.3 Å². The minimum Gasteiger partial charge on any atom is -0.482 e. The van der Waals surface area contributed by atoms with Crippen molar-refractivity contribution in [3.05, 3.63) is 69.0 Å². The lowest BCUT2D eigenvalue weighted by Gasteiger charge is -2.08. The zero-order valence-electron chi connectivity index (χ0n) is 12.3. The highest BCUT2D eigenvalue weighted by atomic mass is 19.1. The standard InChI is InChI=1S/C17H14FNO4/c18-15-9-14(19(21)22)6-7-17(15)23-10-16(20)13-5-4-11-2-1-3-12(11)8-13/h4-9H,1-3,10H2. The number of non-ortho nitro benzene ring substituents is 1.